The van der Waals surface area contributed by atoms with Crippen molar-refractivity contribution < 1.29 is 14.1 Å². The molecular weight excluding hydrogens is 575 g/mol. The van der Waals surface area contributed by atoms with E-state index in [1.807, 2.05) is 11.9 Å². The minimum Gasteiger partial charge on any atom is -0.449 e. The van der Waals surface area contributed by atoms with Crippen LogP contribution in [0.25, 0.3) is 11.2 Å². The number of carbonyl (C=O) groups excluding carboxylic acids is 1. The Balaban J connectivity index is 1.30. The van der Waals surface area contributed by atoms with Gasteiger partial charge in [0.05, 0.1) is 23.6 Å². The van der Waals surface area contributed by atoms with Crippen molar-refractivity contribution in [1.82, 2.24) is 33.6 Å². The molecule has 2 aliphatic rings. The van der Waals surface area contributed by atoms with Gasteiger partial charge in [0.2, 0.25) is 18.1 Å². The average molecular weight is 602 g/mol. The minimum atomic E-state index is -0.644. The molecular formula is C25H27Cl2N10O4+. The van der Waals surface area contributed by atoms with Gasteiger partial charge in [0.25, 0.3) is 11.9 Å². The molecule has 1 atom stereocenters. The Hall–Kier alpha value is -4.30. The van der Waals surface area contributed by atoms with E-state index in [0.29, 0.717) is 53.6 Å². The molecule has 5 heterocycles. The molecule has 1 unspecified atom stereocenters. The molecule has 16 heteroatoms. The molecule has 6 rings (SSSR count). The summed E-state index contributed by atoms with van der Waals surface area (Å²) in [6, 6.07) is 4.94. The van der Waals surface area contributed by atoms with Gasteiger partial charge in [0, 0.05) is 45.8 Å². The van der Waals surface area contributed by atoms with Crippen LogP contribution in [0.2, 0.25) is 10.0 Å². The lowest BCUT2D eigenvalue weighted by atomic mass is 10.2. The highest BCUT2D eigenvalue weighted by Crippen LogP contribution is 2.26. The zero-order valence-corrected chi connectivity index (χ0v) is 24.0. The summed E-state index contributed by atoms with van der Waals surface area (Å²) in [6.45, 7) is 2.00. The van der Waals surface area contributed by atoms with Crippen molar-refractivity contribution in [2.45, 2.75) is 12.8 Å². The number of fused-ring (bicyclic) bond motifs is 1. The van der Waals surface area contributed by atoms with Crippen LogP contribution in [-0.2, 0) is 32.4 Å². The Morgan fingerprint density at radius 3 is 2.56 bits per heavy atom. The fourth-order valence-corrected chi connectivity index (χ4v) is 5.30. The van der Waals surface area contributed by atoms with Crippen LogP contribution in [0, 0.1) is 0 Å². The molecule has 3 aromatic heterocycles. The lowest BCUT2D eigenvalue weighted by molar-refractivity contribution is -0.670. The summed E-state index contributed by atoms with van der Waals surface area (Å²) >= 11 is 12.2. The van der Waals surface area contributed by atoms with Crippen LogP contribution in [-0.4, -0.2) is 72.5 Å². The third-order valence-corrected chi connectivity index (χ3v) is 7.97. The molecule has 0 radical (unpaired) electrons. The molecule has 2 aliphatic heterocycles. The van der Waals surface area contributed by atoms with Gasteiger partial charge in [0.15, 0.2) is 11.2 Å². The van der Waals surface area contributed by atoms with E-state index in [9.17, 15) is 14.4 Å². The second kappa shape index (κ2) is 10.3. The minimum absolute atomic E-state index is 0.120. The molecule has 1 saturated heterocycles. The number of anilines is 1. The summed E-state index contributed by atoms with van der Waals surface area (Å²) in [7, 11) is 4.86. The fraction of sp³-hybridized carbons (Fsp3) is 0.360. The highest BCUT2D eigenvalue weighted by atomic mass is 35.5. The Morgan fingerprint density at radius 1 is 1.12 bits per heavy atom. The maximum Gasteiger partial charge on any atom is 0.415 e. The SMILES string of the molecule is Cn1c(=O)c2c(nc(N3CCN(C(=O)n4cc[n+](C)c4)CC3)n2CC2NN=C(c3ccc(Cl)c(Cl)c3)O2)n(C)c1=O. The number of nitrogens with zero attached hydrogens (tertiary/aromatic N) is 9. The number of nitrogens with one attached hydrogen (secondary N) is 1. The van der Waals surface area contributed by atoms with Crippen LogP contribution in [0.5, 0.6) is 0 Å². The number of amides is 1. The number of rotatable bonds is 4. The first kappa shape index (κ1) is 26.9. The van der Waals surface area contributed by atoms with Gasteiger partial charge in [-0.25, -0.2) is 14.2 Å². The van der Waals surface area contributed by atoms with Crippen LogP contribution in [0.1, 0.15) is 5.56 Å². The number of halogens is 2. The Morgan fingerprint density at radius 2 is 1.88 bits per heavy atom. The van der Waals surface area contributed by atoms with Crippen LogP contribution >= 0.6 is 23.2 Å². The number of hydrogen-bond acceptors (Lipinski definition) is 8. The van der Waals surface area contributed by atoms with E-state index in [0.717, 1.165) is 4.57 Å². The molecule has 4 aromatic rings. The second-order valence-corrected chi connectivity index (χ2v) is 10.7. The molecule has 14 nitrogen and oxygen atoms in total. The van der Waals surface area contributed by atoms with Crippen LogP contribution in [0.15, 0.2) is 51.6 Å². The number of hydrazone groups is 1. The smallest absolute Gasteiger partial charge is 0.415 e. The van der Waals surface area contributed by atoms with Gasteiger partial charge in [-0.05, 0) is 18.2 Å². The number of piperazine rings is 1. The van der Waals surface area contributed by atoms with Crippen molar-refractivity contribution in [1.29, 1.82) is 0 Å². The number of aryl methyl sites for hydroxylation is 2. The first-order valence-electron chi connectivity index (χ1n) is 12.8. The third kappa shape index (κ3) is 4.72. The molecule has 1 aromatic carbocycles. The molecule has 0 aliphatic carbocycles. The number of aromatic nitrogens is 6. The topological polar surface area (TPSA) is 128 Å². The largest absolute Gasteiger partial charge is 0.449 e. The van der Waals surface area contributed by atoms with E-state index in [2.05, 4.69) is 10.5 Å². The third-order valence-electron chi connectivity index (χ3n) is 7.23. The lowest BCUT2D eigenvalue weighted by Crippen LogP contribution is -2.50. The molecule has 1 fully saturated rings. The van der Waals surface area contributed by atoms with E-state index >= 15 is 0 Å². The molecule has 1 N–H and O–H groups in total. The highest BCUT2D eigenvalue weighted by molar-refractivity contribution is 6.42. The predicted octanol–water partition coefficient (Wildman–Crippen LogP) is 0.465. The Bertz CT molecular complexity index is 1830. The van der Waals surface area contributed by atoms with Gasteiger partial charge < -0.3 is 14.5 Å². The van der Waals surface area contributed by atoms with E-state index in [-0.39, 0.29) is 23.7 Å². The highest BCUT2D eigenvalue weighted by Gasteiger charge is 2.31. The van der Waals surface area contributed by atoms with Gasteiger partial charge in [-0.15, -0.1) is 5.10 Å². The van der Waals surface area contributed by atoms with Crippen molar-refractivity contribution in [3.8, 4) is 0 Å². The van der Waals surface area contributed by atoms with Gasteiger partial charge >= 0.3 is 11.7 Å². The summed E-state index contributed by atoms with van der Waals surface area (Å²) in [5.41, 5.74) is 3.17. The molecule has 41 heavy (non-hydrogen) atoms. The van der Waals surface area contributed by atoms with Crippen LogP contribution in [0.3, 0.4) is 0 Å². The van der Waals surface area contributed by atoms with Gasteiger partial charge in [-0.2, -0.15) is 9.55 Å². The van der Waals surface area contributed by atoms with Crippen molar-refractivity contribution in [2.75, 3.05) is 31.1 Å². The second-order valence-electron chi connectivity index (χ2n) is 9.92. The average Bonchev–Trinajstić information content (AvgIpc) is 3.71. The molecule has 0 saturated carbocycles. The Kier molecular flexibility index (Phi) is 6.74. The first-order chi connectivity index (χ1) is 19.6. The standard InChI is InChI=1S/C25H27Cl2N10O4/c1-31-6-7-36(14-31)25(40)35-10-8-34(9-11-35)23-28-20-19(22(38)33(3)24(39)32(20)2)37(23)13-18-29-30-21(41-18)15-4-5-16(26)17(27)12-15/h4-7,12,14,18,29H,8-11,13H2,1-3H3/q+1. The van der Waals surface area contributed by atoms with E-state index in [1.54, 1.807) is 62.6 Å². The normalized spacial score (nSPS) is 17.1. The molecule has 214 valence electrons. The van der Waals surface area contributed by atoms with Gasteiger partial charge in [-0.3, -0.25) is 23.9 Å². The molecule has 1 amide bonds. The number of imidazole rings is 2. The van der Waals surface area contributed by atoms with Crippen LogP contribution < -0.4 is 26.1 Å². The van der Waals surface area contributed by atoms with E-state index < -0.39 is 17.5 Å². The maximum absolute atomic E-state index is 13.3. The van der Waals surface area contributed by atoms with Gasteiger partial charge in [-0.1, -0.05) is 23.2 Å². The number of hydrogen-bond donors (Lipinski definition) is 1. The van der Waals surface area contributed by atoms with Gasteiger partial charge in [0.1, 0.15) is 12.4 Å². The maximum atomic E-state index is 13.3. The summed E-state index contributed by atoms with van der Waals surface area (Å²) in [5.74, 6) is 0.816. The summed E-state index contributed by atoms with van der Waals surface area (Å²) in [4.78, 5) is 47.5. The van der Waals surface area contributed by atoms with E-state index in [1.165, 1.54) is 11.6 Å². The number of benzene rings is 1. The zero-order valence-electron chi connectivity index (χ0n) is 22.5. The zero-order chi connectivity index (χ0) is 29.0. The van der Waals surface area contributed by atoms with Crippen molar-refractivity contribution in [3.05, 3.63) is 73.4 Å². The number of ether oxygens (including phenoxy) is 1. The number of carbonyl (C=O) groups is 1. The Labute approximate surface area is 243 Å². The summed E-state index contributed by atoms with van der Waals surface area (Å²) in [5, 5.41) is 5.09. The first-order valence-corrected chi connectivity index (χ1v) is 13.6. The van der Waals surface area contributed by atoms with Crippen molar-refractivity contribution in [3.63, 3.8) is 0 Å². The summed E-state index contributed by atoms with van der Waals surface area (Å²) < 4.78 is 13.6. The predicted molar refractivity (Wildman–Crippen MR) is 151 cm³/mol. The monoisotopic (exact) mass is 601 g/mol. The quantitative estimate of drug-likeness (QED) is 0.337. The summed E-state index contributed by atoms with van der Waals surface area (Å²) in [6.07, 6.45) is 4.59. The fourth-order valence-electron chi connectivity index (χ4n) is 5.00. The van der Waals surface area contributed by atoms with Crippen LogP contribution in [0.4, 0.5) is 10.7 Å². The van der Waals surface area contributed by atoms with E-state index in [4.69, 9.17) is 32.9 Å². The van der Waals surface area contributed by atoms with Crippen molar-refractivity contribution >= 4 is 52.2 Å². The molecule has 0 spiro atoms. The van der Waals surface area contributed by atoms with Crippen molar-refractivity contribution in [2.24, 2.45) is 26.2 Å². The lowest BCUT2D eigenvalue weighted by Gasteiger charge is -2.34. The molecule has 0 bridgehead atoms.